The molecule has 20 heavy (non-hydrogen) atoms. The lowest BCUT2D eigenvalue weighted by Gasteiger charge is -2.57. The number of rotatable bonds is 3. The summed E-state index contributed by atoms with van der Waals surface area (Å²) >= 11 is 0. The summed E-state index contributed by atoms with van der Waals surface area (Å²) in [5.74, 6) is 1.47. The van der Waals surface area contributed by atoms with E-state index in [0.29, 0.717) is 11.8 Å². The molecule has 4 rings (SSSR count). The lowest BCUT2D eigenvalue weighted by atomic mass is 9.47. The van der Waals surface area contributed by atoms with E-state index in [2.05, 4.69) is 20.8 Å². The molecule has 4 aliphatic carbocycles. The van der Waals surface area contributed by atoms with Crippen LogP contribution in [-0.2, 0) is 4.79 Å². The van der Waals surface area contributed by atoms with E-state index in [0.717, 1.165) is 32.1 Å². The van der Waals surface area contributed by atoms with Gasteiger partial charge >= 0.3 is 0 Å². The maximum absolute atomic E-state index is 14.8. The number of halogens is 1. The summed E-state index contributed by atoms with van der Waals surface area (Å²) in [7, 11) is 0. The third-order valence-electron chi connectivity index (χ3n) is 5.68. The number of carbonyl (C=O) groups is 1. The number of alkyl halides is 1. The Labute approximate surface area is 122 Å². The van der Waals surface area contributed by atoms with E-state index in [4.69, 9.17) is 0 Å². The first-order valence-electron chi connectivity index (χ1n) is 8.15. The van der Waals surface area contributed by atoms with Crippen LogP contribution in [0, 0.1) is 28.6 Å². The van der Waals surface area contributed by atoms with Crippen LogP contribution in [0.5, 0.6) is 0 Å². The zero-order valence-electron chi connectivity index (χ0n) is 13.0. The predicted molar refractivity (Wildman–Crippen MR) is 79.1 cm³/mol. The van der Waals surface area contributed by atoms with Crippen LogP contribution >= 0.6 is 0 Å². The largest absolute Gasteiger partial charge is 0.294 e. The van der Waals surface area contributed by atoms with Crippen LogP contribution < -0.4 is 0 Å². The van der Waals surface area contributed by atoms with Gasteiger partial charge in [-0.3, -0.25) is 4.79 Å². The molecule has 4 aliphatic rings. The van der Waals surface area contributed by atoms with E-state index in [1.807, 2.05) is 6.08 Å². The number of hydrogen-bond donors (Lipinski definition) is 0. The molecular formula is C18H27FO. The summed E-state index contributed by atoms with van der Waals surface area (Å²) in [4.78, 5) is 12.7. The van der Waals surface area contributed by atoms with E-state index >= 15 is 0 Å². The van der Waals surface area contributed by atoms with Gasteiger partial charge in [-0.1, -0.05) is 26.8 Å². The average molecular weight is 278 g/mol. The van der Waals surface area contributed by atoms with Gasteiger partial charge in [-0.15, -0.1) is 0 Å². The Hall–Kier alpha value is -0.660. The van der Waals surface area contributed by atoms with Crippen LogP contribution in [0.15, 0.2) is 12.2 Å². The molecule has 0 amide bonds. The minimum atomic E-state index is -0.887. The van der Waals surface area contributed by atoms with E-state index in [1.54, 1.807) is 6.08 Å². The van der Waals surface area contributed by atoms with Crippen LogP contribution in [0.1, 0.15) is 59.3 Å². The van der Waals surface area contributed by atoms with Gasteiger partial charge < -0.3 is 0 Å². The van der Waals surface area contributed by atoms with E-state index in [1.165, 1.54) is 6.42 Å². The fourth-order valence-electron chi connectivity index (χ4n) is 5.00. The Morgan fingerprint density at radius 1 is 1.20 bits per heavy atom. The summed E-state index contributed by atoms with van der Waals surface area (Å²) in [6.45, 7) is 6.47. The van der Waals surface area contributed by atoms with Crippen molar-refractivity contribution in [2.75, 3.05) is 0 Å². The molecule has 0 aromatic rings. The van der Waals surface area contributed by atoms with Crippen LogP contribution in [-0.4, -0.2) is 12.0 Å². The standard InChI is InChI=1S/C18H27FO/c1-17(2,3)6-4-5-15(20)18-10-12-7-13(11-18)9-14(8-12)16(18)19/h4-5,12-14,16H,6-11H2,1-3H3/b5-4+. The summed E-state index contributed by atoms with van der Waals surface area (Å²) < 4.78 is 14.8. The maximum atomic E-state index is 14.8. The zero-order chi connectivity index (χ0) is 14.5. The quantitative estimate of drug-likeness (QED) is 0.683. The smallest absolute Gasteiger partial charge is 0.164 e. The molecule has 1 nitrogen and oxygen atoms in total. The van der Waals surface area contributed by atoms with E-state index in [-0.39, 0.29) is 17.1 Å². The molecule has 0 N–H and O–H groups in total. The van der Waals surface area contributed by atoms with Crippen molar-refractivity contribution in [1.82, 2.24) is 0 Å². The van der Waals surface area contributed by atoms with Gasteiger partial charge in [0.15, 0.2) is 5.78 Å². The Bertz CT molecular complexity index is 417. The summed E-state index contributed by atoms with van der Waals surface area (Å²) in [5, 5.41) is 0. The molecule has 0 spiro atoms. The maximum Gasteiger partial charge on any atom is 0.164 e. The molecule has 0 radical (unpaired) electrons. The van der Waals surface area contributed by atoms with Crippen molar-refractivity contribution in [3.05, 3.63) is 12.2 Å². The van der Waals surface area contributed by atoms with Gasteiger partial charge in [0.1, 0.15) is 6.17 Å². The summed E-state index contributed by atoms with van der Waals surface area (Å²) in [5.41, 5.74) is -0.462. The Morgan fingerprint density at radius 3 is 2.35 bits per heavy atom. The highest BCUT2D eigenvalue weighted by atomic mass is 19.1. The Kier molecular flexibility index (Phi) is 3.34. The third-order valence-corrected chi connectivity index (χ3v) is 5.68. The molecule has 3 atom stereocenters. The second-order valence-corrected chi connectivity index (χ2v) is 8.70. The molecule has 112 valence electrons. The van der Waals surface area contributed by atoms with Crippen molar-refractivity contribution in [3.8, 4) is 0 Å². The van der Waals surface area contributed by atoms with Crippen LogP contribution in [0.2, 0.25) is 0 Å². The molecular weight excluding hydrogens is 251 g/mol. The molecule has 0 aromatic carbocycles. The van der Waals surface area contributed by atoms with Crippen molar-refractivity contribution in [3.63, 3.8) is 0 Å². The van der Waals surface area contributed by atoms with Gasteiger partial charge in [-0.25, -0.2) is 4.39 Å². The predicted octanol–water partition coefficient (Wildman–Crippen LogP) is 4.71. The highest BCUT2D eigenvalue weighted by Crippen LogP contribution is 2.61. The monoisotopic (exact) mass is 278 g/mol. The fraction of sp³-hybridized carbons (Fsp3) is 0.833. The zero-order valence-corrected chi connectivity index (χ0v) is 13.0. The highest BCUT2D eigenvalue weighted by Gasteiger charge is 2.60. The first-order valence-corrected chi connectivity index (χ1v) is 8.15. The number of ketones is 1. The molecule has 0 aliphatic heterocycles. The van der Waals surface area contributed by atoms with Gasteiger partial charge in [-0.2, -0.15) is 0 Å². The van der Waals surface area contributed by atoms with Crippen molar-refractivity contribution in [2.45, 2.75) is 65.5 Å². The molecule has 4 bridgehead atoms. The van der Waals surface area contributed by atoms with Gasteiger partial charge in [0.2, 0.25) is 0 Å². The molecule has 0 saturated heterocycles. The molecule has 4 saturated carbocycles. The number of carbonyl (C=O) groups excluding carboxylic acids is 1. The summed E-state index contributed by atoms with van der Waals surface area (Å²) in [6.07, 6.45) is 8.56. The van der Waals surface area contributed by atoms with Gasteiger partial charge in [0, 0.05) is 0 Å². The normalized spacial score (nSPS) is 43.4. The van der Waals surface area contributed by atoms with Crippen molar-refractivity contribution in [2.24, 2.45) is 28.6 Å². The van der Waals surface area contributed by atoms with E-state index in [9.17, 15) is 9.18 Å². The third kappa shape index (κ3) is 2.35. The minimum absolute atomic E-state index is 0.0772. The van der Waals surface area contributed by atoms with Gasteiger partial charge in [0.05, 0.1) is 5.41 Å². The van der Waals surface area contributed by atoms with Crippen molar-refractivity contribution in [1.29, 1.82) is 0 Å². The minimum Gasteiger partial charge on any atom is -0.294 e. The second kappa shape index (κ2) is 4.68. The lowest BCUT2D eigenvalue weighted by Crippen LogP contribution is -2.57. The summed E-state index contributed by atoms with van der Waals surface area (Å²) in [6, 6.07) is 0. The number of allylic oxidation sites excluding steroid dienone is 2. The average Bonchev–Trinajstić information content (AvgIpc) is 2.33. The van der Waals surface area contributed by atoms with Crippen molar-refractivity contribution < 1.29 is 9.18 Å². The van der Waals surface area contributed by atoms with Crippen molar-refractivity contribution >= 4 is 5.78 Å². The van der Waals surface area contributed by atoms with Gasteiger partial charge in [-0.05, 0) is 67.8 Å². The van der Waals surface area contributed by atoms with Crippen LogP contribution in [0.4, 0.5) is 4.39 Å². The molecule has 0 aromatic heterocycles. The first-order chi connectivity index (χ1) is 9.30. The second-order valence-electron chi connectivity index (χ2n) is 8.70. The molecule has 3 unspecified atom stereocenters. The molecule has 2 heteroatoms. The number of hydrogen-bond acceptors (Lipinski definition) is 1. The Morgan fingerprint density at radius 2 is 1.80 bits per heavy atom. The Balaban J connectivity index is 1.76. The SMILES string of the molecule is CC(C)(C)C/C=C/C(=O)C12CC3CC(CC(C3)C1F)C2. The van der Waals surface area contributed by atoms with E-state index < -0.39 is 11.6 Å². The van der Waals surface area contributed by atoms with Crippen LogP contribution in [0.25, 0.3) is 0 Å². The lowest BCUT2D eigenvalue weighted by molar-refractivity contribution is -0.155. The molecule has 4 fully saturated rings. The highest BCUT2D eigenvalue weighted by molar-refractivity contribution is 5.95. The van der Waals surface area contributed by atoms with Crippen LogP contribution in [0.3, 0.4) is 0 Å². The molecule has 0 heterocycles. The first kappa shape index (κ1) is 14.3. The van der Waals surface area contributed by atoms with Gasteiger partial charge in [0.25, 0.3) is 0 Å². The topological polar surface area (TPSA) is 17.1 Å². The fourth-order valence-corrected chi connectivity index (χ4v) is 5.00.